The molecule has 2 amide bonds. The van der Waals surface area contributed by atoms with Gasteiger partial charge in [-0.25, -0.2) is 4.98 Å². The Bertz CT molecular complexity index is 1330. The average Bonchev–Trinajstić information content (AvgIpc) is 2.93. The van der Waals surface area contributed by atoms with Crippen molar-refractivity contribution < 1.29 is 22.8 Å². The van der Waals surface area contributed by atoms with Crippen LogP contribution in [0, 0.1) is 5.92 Å². The predicted octanol–water partition coefficient (Wildman–Crippen LogP) is 4.83. The molecule has 1 aliphatic heterocycles. The van der Waals surface area contributed by atoms with E-state index in [9.17, 15) is 27.6 Å². The molecule has 1 aromatic heterocycles. The number of nitrogens with one attached hydrogen (secondary N) is 1. The van der Waals surface area contributed by atoms with E-state index in [0.717, 1.165) is 12.1 Å². The fourth-order valence-corrected chi connectivity index (χ4v) is 6.06. The van der Waals surface area contributed by atoms with Gasteiger partial charge < -0.3 is 15.1 Å². The van der Waals surface area contributed by atoms with Crippen molar-refractivity contribution in [2.75, 3.05) is 25.0 Å². The number of anilines is 1. The Labute approximate surface area is 236 Å². The van der Waals surface area contributed by atoms with Gasteiger partial charge in [0, 0.05) is 49.3 Å². The van der Waals surface area contributed by atoms with Gasteiger partial charge in [0.15, 0.2) is 0 Å². The van der Waals surface area contributed by atoms with Crippen molar-refractivity contribution >= 4 is 29.4 Å². The number of hydrogen-bond acceptors (Lipinski definition) is 5. The molecule has 2 heterocycles. The zero-order valence-electron chi connectivity index (χ0n) is 23.1. The van der Waals surface area contributed by atoms with Gasteiger partial charge in [0.1, 0.15) is 0 Å². The summed E-state index contributed by atoms with van der Waals surface area (Å²) in [6, 6.07) is 2.59. The standard InChI is InChI=1S/C28H35ClF3N5O3/c1-5-35(6-2)27-34-23-15-36(25(39)18-9-12-22(29)21(14-18)28(30,31)32)16(3)13-20(23)26(40)37(27)19-10-7-17(8-11-19)24(38)33-4/h9,12,14,16-17,19H,5-8,10-11,13,15H2,1-4H3,(H,33,38)/t16-,17-,19-/m1/s1. The van der Waals surface area contributed by atoms with E-state index >= 15 is 0 Å². The maximum atomic E-state index is 14.0. The number of carbonyl (C=O) groups excluding carboxylic acids is 2. The third-order valence-electron chi connectivity index (χ3n) is 8.13. The van der Waals surface area contributed by atoms with Crippen LogP contribution in [0.1, 0.15) is 79.7 Å². The lowest BCUT2D eigenvalue weighted by molar-refractivity contribution is -0.137. The van der Waals surface area contributed by atoms with E-state index in [2.05, 4.69) is 5.32 Å². The summed E-state index contributed by atoms with van der Waals surface area (Å²) in [6.45, 7) is 6.95. The maximum Gasteiger partial charge on any atom is 0.417 e. The van der Waals surface area contributed by atoms with Crippen LogP contribution in [0.2, 0.25) is 5.02 Å². The van der Waals surface area contributed by atoms with Gasteiger partial charge in [0.2, 0.25) is 11.9 Å². The maximum absolute atomic E-state index is 14.0. The van der Waals surface area contributed by atoms with Crippen molar-refractivity contribution in [3.63, 3.8) is 0 Å². The van der Waals surface area contributed by atoms with Gasteiger partial charge in [-0.05, 0) is 71.1 Å². The number of amides is 2. The van der Waals surface area contributed by atoms with Crippen LogP contribution in [0.5, 0.6) is 0 Å². The topological polar surface area (TPSA) is 87.5 Å². The fourth-order valence-electron chi connectivity index (χ4n) is 5.83. The zero-order valence-corrected chi connectivity index (χ0v) is 23.9. The summed E-state index contributed by atoms with van der Waals surface area (Å²) in [5, 5.41) is 2.23. The Kier molecular flexibility index (Phi) is 8.82. The highest BCUT2D eigenvalue weighted by atomic mass is 35.5. The highest BCUT2D eigenvalue weighted by Crippen LogP contribution is 2.37. The van der Waals surface area contributed by atoms with Crippen molar-refractivity contribution in [2.45, 2.75) is 77.7 Å². The van der Waals surface area contributed by atoms with Crippen LogP contribution in [0.25, 0.3) is 0 Å². The van der Waals surface area contributed by atoms with Crippen LogP contribution in [0.3, 0.4) is 0 Å². The Morgan fingerprint density at radius 3 is 2.38 bits per heavy atom. The van der Waals surface area contributed by atoms with Crippen molar-refractivity contribution in [3.05, 3.63) is 56.0 Å². The largest absolute Gasteiger partial charge is 0.417 e. The van der Waals surface area contributed by atoms with Gasteiger partial charge in [0.25, 0.3) is 11.5 Å². The molecule has 12 heteroatoms. The number of aromatic nitrogens is 2. The predicted molar refractivity (Wildman–Crippen MR) is 147 cm³/mol. The molecular weight excluding hydrogens is 547 g/mol. The van der Waals surface area contributed by atoms with Crippen LogP contribution >= 0.6 is 11.6 Å². The summed E-state index contributed by atoms with van der Waals surface area (Å²) in [5.74, 6) is -0.127. The minimum Gasteiger partial charge on any atom is -0.359 e. The fraction of sp³-hybridized carbons (Fsp3) is 0.571. The van der Waals surface area contributed by atoms with Crippen molar-refractivity contribution in [2.24, 2.45) is 5.92 Å². The minimum absolute atomic E-state index is 0.00702. The normalized spacial score (nSPS) is 21.1. The van der Waals surface area contributed by atoms with Crippen LogP contribution in [0.15, 0.2) is 23.0 Å². The molecule has 8 nitrogen and oxygen atoms in total. The monoisotopic (exact) mass is 581 g/mol. The van der Waals surface area contributed by atoms with E-state index in [4.69, 9.17) is 16.6 Å². The molecule has 0 radical (unpaired) electrons. The molecule has 218 valence electrons. The summed E-state index contributed by atoms with van der Waals surface area (Å²) in [6.07, 6.45) is -1.77. The number of rotatable bonds is 6. The third-order valence-corrected chi connectivity index (χ3v) is 8.46. The van der Waals surface area contributed by atoms with Gasteiger partial charge in [-0.15, -0.1) is 0 Å². The SMILES string of the molecule is CCN(CC)c1nc2c(c(=O)n1[C@H]1CC[C@H](C(=O)NC)CC1)C[C@@H](C)N(C(=O)c1ccc(Cl)c(C(F)(F)F)c1)C2. The molecule has 1 saturated carbocycles. The molecule has 2 aliphatic rings. The number of benzene rings is 1. The van der Waals surface area contributed by atoms with Gasteiger partial charge in [-0.1, -0.05) is 11.6 Å². The molecule has 0 saturated heterocycles. The first kappa shape index (κ1) is 29.9. The highest BCUT2D eigenvalue weighted by Gasteiger charge is 2.37. The van der Waals surface area contributed by atoms with Crippen LogP contribution in [-0.4, -0.2) is 52.4 Å². The first-order valence-electron chi connectivity index (χ1n) is 13.7. The Hall–Kier alpha value is -3.08. The molecule has 4 rings (SSSR count). The molecule has 40 heavy (non-hydrogen) atoms. The quantitative estimate of drug-likeness (QED) is 0.528. The van der Waals surface area contributed by atoms with E-state index in [-0.39, 0.29) is 42.0 Å². The van der Waals surface area contributed by atoms with Crippen molar-refractivity contribution in [3.8, 4) is 0 Å². The average molecular weight is 582 g/mol. The molecule has 1 aliphatic carbocycles. The van der Waals surface area contributed by atoms with E-state index in [1.807, 2.05) is 18.7 Å². The van der Waals surface area contributed by atoms with Crippen molar-refractivity contribution in [1.29, 1.82) is 0 Å². The lowest BCUT2D eigenvalue weighted by atomic mass is 9.85. The number of nitrogens with zero attached hydrogens (tertiary/aromatic N) is 4. The summed E-state index contributed by atoms with van der Waals surface area (Å²) < 4.78 is 42.1. The number of alkyl halides is 3. The highest BCUT2D eigenvalue weighted by molar-refractivity contribution is 6.31. The smallest absolute Gasteiger partial charge is 0.359 e. The van der Waals surface area contributed by atoms with Gasteiger partial charge >= 0.3 is 6.18 Å². The first-order valence-corrected chi connectivity index (χ1v) is 14.1. The Morgan fingerprint density at radius 2 is 1.80 bits per heavy atom. The summed E-state index contributed by atoms with van der Waals surface area (Å²) in [7, 11) is 1.63. The molecule has 1 fully saturated rings. The molecule has 0 bridgehead atoms. The van der Waals surface area contributed by atoms with E-state index < -0.39 is 28.7 Å². The van der Waals surface area contributed by atoms with Crippen LogP contribution in [0.4, 0.5) is 19.1 Å². The molecule has 1 N–H and O–H groups in total. The molecule has 1 aromatic carbocycles. The first-order chi connectivity index (χ1) is 18.9. The molecule has 2 aromatic rings. The zero-order chi connectivity index (χ0) is 29.4. The van der Waals surface area contributed by atoms with Gasteiger partial charge in [-0.2, -0.15) is 13.2 Å². The number of carbonyl (C=O) groups is 2. The summed E-state index contributed by atoms with van der Waals surface area (Å²) in [5.41, 5.74) is -0.370. The van der Waals surface area contributed by atoms with Crippen molar-refractivity contribution in [1.82, 2.24) is 19.8 Å². The molecule has 1 atom stereocenters. The lowest BCUT2D eigenvalue weighted by Crippen LogP contribution is -2.47. The third kappa shape index (κ3) is 5.70. The summed E-state index contributed by atoms with van der Waals surface area (Å²) in [4.78, 5) is 47.9. The second kappa shape index (κ2) is 11.8. The van der Waals surface area contributed by atoms with Gasteiger partial charge in [-0.3, -0.25) is 19.0 Å². The Balaban J connectivity index is 1.70. The van der Waals surface area contributed by atoms with Gasteiger partial charge in [0.05, 0.1) is 22.8 Å². The van der Waals surface area contributed by atoms with E-state index in [1.165, 1.54) is 11.0 Å². The number of halogens is 4. The lowest BCUT2D eigenvalue weighted by Gasteiger charge is -2.37. The molecule has 0 unspecified atom stereocenters. The second-order valence-electron chi connectivity index (χ2n) is 10.5. The summed E-state index contributed by atoms with van der Waals surface area (Å²) >= 11 is 5.75. The molecular formula is C28H35ClF3N5O3. The van der Waals surface area contributed by atoms with E-state index in [1.54, 1.807) is 18.5 Å². The number of fused-ring (bicyclic) bond motifs is 1. The van der Waals surface area contributed by atoms with Crippen LogP contribution < -0.4 is 15.8 Å². The Morgan fingerprint density at radius 1 is 1.15 bits per heavy atom. The molecule has 0 spiro atoms. The number of hydrogen-bond donors (Lipinski definition) is 1. The van der Waals surface area contributed by atoms with E-state index in [0.29, 0.717) is 56.0 Å². The minimum atomic E-state index is -4.70. The second-order valence-corrected chi connectivity index (χ2v) is 10.9. The van der Waals surface area contributed by atoms with Crippen LogP contribution in [-0.2, 0) is 23.9 Å².